The smallest absolute Gasteiger partial charge is 0.407 e. The molecule has 0 atom stereocenters. The second kappa shape index (κ2) is 7.47. The highest BCUT2D eigenvalue weighted by molar-refractivity contribution is 9.10. The van der Waals surface area contributed by atoms with Crippen LogP contribution in [0.3, 0.4) is 0 Å². The summed E-state index contributed by atoms with van der Waals surface area (Å²) in [5.74, 6) is 0. The van der Waals surface area contributed by atoms with E-state index < -0.39 is 11.7 Å². The van der Waals surface area contributed by atoms with Gasteiger partial charge in [0.05, 0.1) is 0 Å². The molecule has 1 aromatic heterocycles. The van der Waals surface area contributed by atoms with Gasteiger partial charge in [0.15, 0.2) is 0 Å². The molecule has 2 N–H and O–H groups in total. The van der Waals surface area contributed by atoms with Crippen molar-refractivity contribution in [2.75, 3.05) is 13.1 Å². The molecule has 1 heterocycles. The Bertz CT molecular complexity index is 412. The molecule has 0 unspecified atom stereocenters. The molecule has 0 bridgehead atoms. The van der Waals surface area contributed by atoms with Crippen LogP contribution in [0.15, 0.2) is 10.5 Å². The van der Waals surface area contributed by atoms with E-state index in [0.29, 0.717) is 13.1 Å². The number of ether oxygens (including phenoxy) is 1. The van der Waals surface area contributed by atoms with Crippen LogP contribution in [0.5, 0.6) is 0 Å². The quantitative estimate of drug-likeness (QED) is 0.777. The van der Waals surface area contributed by atoms with Gasteiger partial charge in [0.25, 0.3) is 0 Å². The van der Waals surface area contributed by atoms with Crippen molar-refractivity contribution in [1.82, 2.24) is 10.6 Å². The number of alkyl carbamates (subject to hydrolysis) is 1. The van der Waals surface area contributed by atoms with E-state index in [2.05, 4.69) is 26.6 Å². The fourth-order valence-electron chi connectivity index (χ4n) is 1.26. The molecular weight excluding hydrogens is 352 g/mol. The summed E-state index contributed by atoms with van der Waals surface area (Å²) in [5, 5.41) is 5.91. The maximum Gasteiger partial charge on any atom is 0.407 e. The van der Waals surface area contributed by atoms with E-state index >= 15 is 0 Å². The molecule has 19 heavy (non-hydrogen) atoms. The Morgan fingerprint density at radius 2 is 2.16 bits per heavy atom. The lowest BCUT2D eigenvalue weighted by atomic mass is 10.2. The fourth-order valence-corrected chi connectivity index (χ4v) is 3.02. The fraction of sp³-hybridized carbons (Fsp3) is 0.583. The molecule has 0 radical (unpaired) electrons. The first kappa shape index (κ1) is 16.8. The molecule has 0 aromatic carbocycles. The molecule has 108 valence electrons. The number of nitrogens with one attached hydrogen (secondary N) is 2. The Morgan fingerprint density at radius 3 is 2.68 bits per heavy atom. The monoisotopic (exact) mass is 368 g/mol. The average Bonchev–Trinajstić information content (AvgIpc) is 2.55. The van der Waals surface area contributed by atoms with Crippen molar-refractivity contribution < 1.29 is 9.53 Å². The molecule has 4 nitrogen and oxygen atoms in total. The van der Waals surface area contributed by atoms with Gasteiger partial charge < -0.3 is 15.4 Å². The second-order valence-electron chi connectivity index (χ2n) is 4.94. The molecule has 1 rings (SSSR count). The van der Waals surface area contributed by atoms with Crippen LogP contribution < -0.4 is 10.6 Å². The summed E-state index contributed by atoms with van der Waals surface area (Å²) < 4.78 is 6.79. The molecule has 0 saturated carbocycles. The predicted molar refractivity (Wildman–Crippen MR) is 83.0 cm³/mol. The van der Waals surface area contributed by atoms with Crippen molar-refractivity contribution in [2.45, 2.75) is 32.9 Å². The van der Waals surface area contributed by atoms with E-state index in [1.54, 1.807) is 0 Å². The van der Waals surface area contributed by atoms with Crippen molar-refractivity contribution >= 4 is 45.0 Å². The van der Waals surface area contributed by atoms with Crippen molar-refractivity contribution in [3.63, 3.8) is 0 Å². The minimum atomic E-state index is -0.461. The maximum atomic E-state index is 11.4. The number of halogens is 2. The molecule has 0 aliphatic rings. The Labute approximate surface area is 131 Å². The third-order valence-electron chi connectivity index (χ3n) is 1.97. The maximum absolute atomic E-state index is 11.4. The minimum absolute atomic E-state index is 0.392. The van der Waals surface area contributed by atoms with Gasteiger partial charge in [-0.15, -0.1) is 11.3 Å². The van der Waals surface area contributed by atoms with Crippen molar-refractivity contribution in [3.05, 3.63) is 19.8 Å². The number of hydrogen-bond donors (Lipinski definition) is 2. The van der Waals surface area contributed by atoms with Gasteiger partial charge in [-0.3, -0.25) is 0 Å². The van der Waals surface area contributed by atoms with E-state index in [-0.39, 0.29) is 0 Å². The lowest BCUT2D eigenvalue weighted by molar-refractivity contribution is 0.0528. The van der Waals surface area contributed by atoms with Crippen LogP contribution in [0, 0.1) is 0 Å². The van der Waals surface area contributed by atoms with Crippen LogP contribution in [-0.2, 0) is 11.3 Å². The van der Waals surface area contributed by atoms with Crippen molar-refractivity contribution in [1.29, 1.82) is 0 Å². The predicted octanol–water partition coefficient (Wildman–Crippen LogP) is 3.78. The largest absolute Gasteiger partial charge is 0.444 e. The molecular formula is C12H18BrClN2O2S. The van der Waals surface area contributed by atoms with E-state index in [9.17, 15) is 4.79 Å². The van der Waals surface area contributed by atoms with Crippen LogP contribution in [-0.4, -0.2) is 24.8 Å². The number of hydrogen-bond acceptors (Lipinski definition) is 4. The van der Waals surface area contributed by atoms with Gasteiger partial charge in [0, 0.05) is 29.0 Å². The zero-order valence-electron chi connectivity index (χ0n) is 11.2. The first-order valence-corrected chi connectivity index (χ1v) is 7.88. The van der Waals surface area contributed by atoms with E-state index in [1.165, 1.54) is 11.3 Å². The third kappa shape index (κ3) is 7.15. The van der Waals surface area contributed by atoms with Gasteiger partial charge in [-0.05, 0) is 42.8 Å². The topological polar surface area (TPSA) is 50.4 Å². The lowest BCUT2D eigenvalue weighted by Crippen LogP contribution is -2.36. The standard InChI is InChI=1S/C12H18BrClN2O2S/c1-12(2,3)18-11(17)16-5-4-15-7-8-6-9(13)10(14)19-8/h6,15H,4-5,7H2,1-3H3,(H,16,17). The van der Waals surface area contributed by atoms with Gasteiger partial charge in [0.2, 0.25) is 0 Å². The first-order chi connectivity index (χ1) is 8.78. The Morgan fingerprint density at radius 1 is 1.47 bits per heavy atom. The Kier molecular flexibility index (Phi) is 6.59. The van der Waals surface area contributed by atoms with Crippen molar-refractivity contribution in [3.8, 4) is 0 Å². The average molecular weight is 370 g/mol. The summed E-state index contributed by atoms with van der Waals surface area (Å²) in [6.45, 7) is 7.43. The molecule has 0 aliphatic carbocycles. The van der Waals surface area contributed by atoms with Crippen LogP contribution in [0.2, 0.25) is 4.34 Å². The van der Waals surface area contributed by atoms with Crippen molar-refractivity contribution in [2.24, 2.45) is 0 Å². The van der Waals surface area contributed by atoms with Gasteiger partial charge in [-0.1, -0.05) is 11.6 Å². The molecule has 0 fully saturated rings. The van der Waals surface area contributed by atoms with Crippen LogP contribution in [0.4, 0.5) is 4.79 Å². The second-order valence-corrected chi connectivity index (χ2v) is 7.53. The summed E-state index contributed by atoms with van der Waals surface area (Å²) in [6, 6.07) is 1.99. The number of rotatable bonds is 5. The highest BCUT2D eigenvalue weighted by Gasteiger charge is 2.15. The Balaban J connectivity index is 2.13. The number of carbonyl (C=O) groups excluding carboxylic acids is 1. The Hall–Kier alpha value is -0.300. The highest BCUT2D eigenvalue weighted by atomic mass is 79.9. The summed E-state index contributed by atoms with van der Waals surface area (Å²) >= 11 is 10.8. The number of amides is 1. The first-order valence-electron chi connectivity index (χ1n) is 5.89. The zero-order chi connectivity index (χ0) is 14.5. The van der Waals surface area contributed by atoms with E-state index in [0.717, 1.165) is 20.2 Å². The highest BCUT2D eigenvalue weighted by Crippen LogP contribution is 2.31. The van der Waals surface area contributed by atoms with Gasteiger partial charge in [0.1, 0.15) is 9.94 Å². The molecule has 0 spiro atoms. The van der Waals surface area contributed by atoms with Gasteiger partial charge in [-0.2, -0.15) is 0 Å². The van der Waals surface area contributed by atoms with Crippen LogP contribution in [0.1, 0.15) is 25.6 Å². The van der Waals surface area contributed by atoms with Crippen LogP contribution >= 0.6 is 38.9 Å². The van der Waals surface area contributed by atoms with Crippen LogP contribution in [0.25, 0.3) is 0 Å². The molecule has 7 heteroatoms. The molecule has 1 amide bonds. The molecule has 0 saturated heterocycles. The lowest BCUT2D eigenvalue weighted by Gasteiger charge is -2.19. The summed E-state index contributed by atoms with van der Waals surface area (Å²) in [7, 11) is 0. The molecule has 0 aliphatic heterocycles. The third-order valence-corrected chi connectivity index (χ3v) is 4.44. The summed E-state index contributed by atoms with van der Waals surface area (Å²) in [5.41, 5.74) is -0.461. The molecule has 1 aromatic rings. The van der Waals surface area contributed by atoms with E-state index in [4.69, 9.17) is 16.3 Å². The SMILES string of the molecule is CC(C)(C)OC(=O)NCCNCc1cc(Br)c(Cl)s1. The normalized spacial score (nSPS) is 11.4. The minimum Gasteiger partial charge on any atom is -0.444 e. The zero-order valence-corrected chi connectivity index (χ0v) is 14.3. The van der Waals surface area contributed by atoms with Gasteiger partial charge in [-0.25, -0.2) is 4.79 Å². The summed E-state index contributed by atoms with van der Waals surface area (Å²) in [4.78, 5) is 12.5. The number of thiophene rings is 1. The number of carbonyl (C=O) groups is 1. The van der Waals surface area contributed by atoms with Gasteiger partial charge >= 0.3 is 6.09 Å². The summed E-state index contributed by atoms with van der Waals surface area (Å²) in [6.07, 6.45) is -0.392. The van der Waals surface area contributed by atoms with E-state index in [1.807, 2.05) is 26.8 Å².